The summed E-state index contributed by atoms with van der Waals surface area (Å²) in [4.78, 5) is 3.39. The van der Waals surface area contributed by atoms with E-state index in [1.165, 1.54) is 10.9 Å². The molecule has 0 bridgehead atoms. The maximum atomic E-state index is 5.79. The fourth-order valence-electron chi connectivity index (χ4n) is 2.32. The van der Waals surface area contributed by atoms with Gasteiger partial charge in [-0.2, -0.15) is 0 Å². The number of fused-ring (bicyclic) bond motifs is 1. The summed E-state index contributed by atoms with van der Waals surface area (Å²) in [5.74, 6) is 0.883. The number of aromatic nitrogens is 1. The van der Waals surface area contributed by atoms with Gasteiger partial charge in [0.2, 0.25) is 0 Å². The van der Waals surface area contributed by atoms with Crippen molar-refractivity contribution in [1.82, 2.24) is 4.98 Å². The summed E-state index contributed by atoms with van der Waals surface area (Å²) in [5, 5.41) is 1.18. The molecule has 3 heteroatoms. The number of H-pyrrole nitrogens is 1. The molecule has 3 nitrogen and oxygen atoms in total. The van der Waals surface area contributed by atoms with Gasteiger partial charge in [-0.1, -0.05) is 35.9 Å². The van der Waals surface area contributed by atoms with Gasteiger partial charge in [-0.05, 0) is 30.7 Å². The molecule has 3 aromatic rings. The van der Waals surface area contributed by atoms with Crippen molar-refractivity contribution in [2.45, 2.75) is 20.1 Å². The predicted octanol–water partition coefficient (Wildman–Crippen LogP) is 3.51. The number of para-hydroxylation sites is 1. The van der Waals surface area contributed by atoms with Crippen LogP contribution < -0.4 is 10.5 Å². The van der Waals surface area contributed by atoms with Crippen LogP contribution in [0.25, 0.3) is 10.9 Å². The lowest BCUT2D eigenvalue weighted by atomic mass is 10.1. The highest BCUT2D eigenvalue weighted by Gasteiger charge is 2.05. The molecule has 1 aromatic heterocycles. The van der Waals surface area contributed by atoms with E-state index >= 15 is 0 Å². The highest BCUT2D eigenvalue weighted by molar-refractivity contribution is 5.83. The molecule has 0 radical (unpaired) electrons. The smallest absolute Gasteiger partial charge is 0.128 e. The molecule has 0 atom stereocenters. The third-order valence-electron chi connectivity index (χ3n) is 3.43. The summed E-state index contributed by atoms with van der Waals surface area (Å²) in [6, 6.07) is 16.3. The van der Waals surface area contributed by atoms with E-state index in [4.69, 9.17) is 10.5 Å². The zero-order valence-corrected chi connectivity index (χ0v) is 11.5. The summed E-state index contributed by atoms with van der Waals surface area (Å²) in [5.41, 5.74) is 10.3. The van der Waals surface area contributed by atoms with Gasteiger partial charge in [0.05, 0.1) is 11.2 Å². The largest absolute Gasteiger partial charge is 0.487 e. The molecular weight excluding hydrogens is 248 g/mol. The van der Waals surface area contributed by atoms with E-state index in [1.54, 1.807) is 0 Å². The Morgan fingerprint density at radius 3 is 2.65 bits per heavy atom. The SMILES string of the molecule is Cc1ccc(OCc2cc3cccc(CN)c3[nH]2)cc1. The molecule has 20 heavy (non-hydrogen) atoms. The Labute approximate surface area is 118 Å². The molecule has 0 saturated heterocycles. The van der Waals surface area contributed by atoms with Crippen LogP contribution in [0, 0.1) is 6.92 Å². The second-order valence-electron chi connectivity index (χ2n) is 4.98. The first kappa shape index (κ1) is 12.8. The summed E-state index contributed by atoms with van der Waals surface area (Å²) < 4.78 is 5.79. The molecule has 2 aromatic carbocycles. The lowest BCUT2D eigenvalue weighted by Gasteiger charge is -2.04. The third kappa shape index (κ3) is 2.53. The standard InChI is InChI=1S/C17H18N2O/c1-12-5-7-16(8-6-12)20-11-15-9-13-3-2-4-14(10-18)17(13)19-15/h2-9,19H,10-11,18H2,1H3. The van der Waals surface area contributed by atoms with Crippen LogP contribution >= 0.6 is 0 Å². The van der Waals surface area contributed by atoms with E-state index in [0.29, 0.717) is 13.2 Å². The Hall–Kier alpha value is -2.26. The molecule has 3 rings (SSSR count). The number of aromatic amines is 1. The maximum absolute atomic E-state index is 5.79. The summed E-state index contributed by atoms with van der Waals surface area (Å²) >= 11 is 0. The quantitative estimate of drug-likeness (QED) is 0.759. The molecule has 0 amide bonds. The Kier molecular flexibility index (Phi) is 3.44. The topological polar surface area (TPSA) is 51.0 Å². The Morgan fingerprint density at radius 1 is 1.10 bits per heavy atom. The van der Waals surface area contributed by atoms with E-state index in [2.05, 4.69) is 24.0 Å². The number of hydrogen-bond acceptors (Lipinski definition) is 2. The first-order chi connectivity index (χ1) is 9.76. The van der Waals surface area contributed by atoms with Gasteiger partial charge in [0.15, 0.2) is 0 Å². The van der Waals surface area contributed by atoms with Gasteiger partial charge in [0, 0.05) is 11.9 Å². The van der Waals surface area contributed by atoms with Crippen molar-refractivity contribution in [2.24, 2.45) is 5.73 Å². The van der Waals surface area contributed by atoms with Gasteiger partial charge in [0.25, 0.3) is 0 Å². The fraction of sp³-hybridized carbons (Fsp3) is 0.176. The van der Waals surface area contributed by atoms with Crippen LogP contribution in [0.3, 0.4) is 0 Å². The first-order valence-corrected chi connectivity index (χ1v) is 6.75. The van der Waals surface area contributed by atoms with E-state index in [0.717, 1.165) is 22.5 Å². The molecule has 0 saturated carbocycles. The zero-order chi connectivity index (χ0) is 13.9. The molecule has 0 spiro atoms. The molecular formula is C17H18N2O. The van der Waals surface area contributed by atoms with Crippen molar-refractivity contribution in [3.8, 4) is 5.75 Å². The monoisotopic (exact) mass is 266 g/mol. The van der Waals surface area contributed by atoms with Crippen molar-refractivity contribution < 1.29 is 4.74 Å². The van der Waals surface area contributed by atoms with Crippen LogP contribution in [-0.2, 0) is 13.2 Å². The molecule has 1 heterocycles. The average molecular weight is 266 g/mol. The fourth-order valence-corrected chi connectivity index (χ4v) is 2.32. The van der Waals surface area contributed by atoms with Crippen LogP contribution in [0.5, 0.6) is 5.75 Å². The minimum atomic E-state index is 0.530. The maximum Gasteiger partial charge on any atom is 0.128 e. The number of hydrogen-bond donors (Lipinski definition) is 2. The molecule has 0 unspecified atom stereocenters. The minimum absolute atomic E-state index is 0.530. The van der Waals surface area contributed by atoms with Crippen molar-refractivity contribution in [3.05, 3.63) is 65.4 Å². The van der Waals surface area contributed by atoms with Crippen LogP contribution in [0.4, 0.5) is 0 Å². The van der Waals surface area contributed by atoms with E-state index in [1.807, 2.05) is 36.4 Å². The van der Waals surface area contributed by atoms with E-state index < -0.39 is 0 Å². The van der Waals surface area contributed by atoms with Crippen LogP contribution in [0.2, 0.25) is 0 Å². The Bertz CT molecular complexity index is 713. The van der Waals surface area contributed by atoms with Crippen molar-refractivity contribution >= 4 is 10.9 Å². The second-order valence-corrected chi connectivity index (χ2v) is 4.98. The van der Waals surface area contributed by atoms with Crippen molar-refractivity contribution in [2.75, 3.05) is 0 Å². The number of ether oxygens (including phenoxy) is 1. The second kappa shape index (κ2) is 5.39. The minimum Gasteiger partial charge on any atom is -0.487 e. The van der Waals surface area contributed by atoms with Gasteiger partial charge in [-0.3, -0.25) is 0 Å². The zero-order valence-electron chi connectivity index (χ0n) is 11.5. The lowest BCUT2D eigenvalue weighted by Crippen LogP contribution is -1.98. The number of nitrogens with two attached hydrogens (primary N) is 1. The summed E-state index contributed by atoms with van der Waals surface area (Å²) in [6.07, 6.45) is 0. The van der Waals surface area contributed by atoms with Gasteiger partial charge < -0.3 is 15.5 Å². The molecule has 0 aliphatic rings. The molecule has 102 valence electrons. The third-order valence-corrected chi connectivity index (χ3v) is 3.43. The van der Waals surface area contributed by atoms with Crippen molar-refractivity contribution in [1.29, 1.82) is 0 Å². The van der Waals surface area contributed by atoms with Gasteiger partial charge in [-0.25, -0.2) is 0 Å². The van der Waals surface area contributed by atoms with E-state index in [9.17, 15) is 0 Å². The van der Waals surface area contributed by atoms with Gasteiger partial charge >= 0.3 is 0 Å². The lowest BCUT2D eigenvalue weighted by molar-refractivity contribution is 0.302. The molecule has 0 aliphatic carbocycles. The first-order valence-electron chi connectivity index (χ1n) is 6.75. The number of aryl methyl sites for hydroxylation is 1. The number of benzene rings is 2. The average Bonchev–Trinajstić information content (AvgIpc) is 2.89. The van der Waals surface area contributed by atoms with E-state index in [-0.39, 0.29) is 0 Å². The number of nitrogens with one attached hydrogen (secondary N) is 1. The van der Waals surface area contributed by atoms with Gasteiger partial charge in [-0.15, -0.1) is 0 Å². The normalized spacial score (nSPS) is 10.9. The van der Waals surface area contributed by atoms with Crippen LogP contribution in [0.1, 0.15) is 16.8 Å². The van der Waals surface area contributed by atoms with Gasteiger partial charge in [0.1, 0.15) is 12.4 Å². The number of rotatable bonds is 4. The highest BCUT2D eigenvalue weighted by Crippen LogP contribution is 2.20. The molecule has 0 fully saturated rings. The Balaban J connectivity index is 1.79. The van der Waals surface area contributed by atoms with Crippen LogP contribution in [-0.4, -0.2) is 4.98 Å². The molecule has 0 aliphatic heterocycles. The Morgan fingerprint density at radius 2 is 1.90 bits per heavy atom. The summed E-state index contributed by atoms with van der Waals surface area (Å²) in [7, 11) is 0. The summed E-state index contributed by atoms with van der Waals surface area (Å²) in [6.45, 7) is 3.13. The molecule has 3 N–H and O–H groups in total. The highest BCUT2D eigenvalue weighted by atomic mass is 16.5. The van der Waals surface area contributed by atoms with Crippen molar-refractivity contribution in [3.63, 3.8) is 0 Å². The predicted molar refractivity (Wildman–Crippen MR) is 81.7 cm³/mol. The van der Waals surface area contributed by atoms with Crippen LogP contribution in [0.15, 0.2) is 48.5 Å².